The number of carbonyl (C=O) groups is 4. The minimum Gasteiger partial charge on any atom is -0.480 e. The number of nitrogens with one attached hydrogen (secondary N) is 1. The molecule has 9 heteroatoms. The van der Waals surface area contributed by atoms with Gasteiger partial charge >= 0.3 is 5.97 Å². The number of aliphatic carboxylic acids is 1. The predicted octanol–water partition coefficient (Wildman–Crippen LogP) is 1.71. The van der Waals surface area contributed by atoms with Gasteiger partial charge in [0.25, 0.3) is 5.91 Å². The predicted molar refractivity (Wildman–Crippen MR) is 105 cm³/mol. The van der Waals surface area contributed by atoms with Crippen LogP contribution in [0.2, 0.25) is 0 Å². The van der Waals surface area contributed by atoms with Crippen LogP contribution in [0.5, 0.6) is 0 Å². The van der Waals surface area contributed by atoms with Gasteiger partial charge in [0.1, 0.15) is 12.1 Å². The number of carboxylic acids is 1. The number of thioether (sulfide) groups is 1. The fourth-order valence-corrected chi connectivity index (χ4v) is 2.94. The number of hydrogen-bond donors (Lipinski definition) is 3. The van der Waals surface area contributed by atoms with Crippen molar-refractivity contribution in [2.45, 2.75) is 45.7 Å². The molecular weight excluding hydrogens is 384 g/mol. The summed E-state index contributed by atoms with van der Waals surface area (Å²) in [6, 6.07) is 6.35. The van der Waals surface area contributed by atoms with Crippen LogP contribution in [-0.2, 0) is 25.6 Å². The number of rotatable bonds is 10. The molecule has 28 heavy (non-hydrogen) atoms. The lowest BCUT2D eigenvalue weighted by atomic mass is 10.0. The Balaban J connectivity index is 2.90. The molecule has 0 saturated carbocycles. The lowest BCUT2D eigenvalue weighted by Crippen LogP contribution is -2.53. The molecule has 0 unspecified atom stereocenters. The van der Waals surface area contributed by atoms with E-state index in [9.17, 15) is 29.5 Å². The Labute approximate surface area is 168 Å². The second-order valence-corrected chi connectivity index (χ2v) is 7.91. The lowest BCUT2D eigenvalue weighted by molar-refractivity contribution is -0.179. The summed E-state index contributed by atoms with van der Waals surface area (Å²) >= 11 is 0.720. The van der Waals surface area contributed by atoms with Crippen LogP contribution in [0.3, 0.4) is 0 Å². The van der Waals surface area contributed by atoms with Crippen molar-refractivity contribution in [3.8, 4) is 0 Å². The van der Waals surface area contributed by atoms with Gasteiger partial charge in [-0.05, 0) is 17.9 Å². The second-order valence-electron chi connectivity index (χ2n) is 6.75. The van der Waals surface area contributed by atoms with E-state index in [2.05, 4.69) is 5.32 Å². The molecule has 1 aromatic carbocycles. The molecular formula is C19H26N2O6S. The molecule has 0 aliphatic rings. The summed E-state index contributed by atoms with van der Waals surface area (Å²) in [5.74, 6) is -3.13. The van der Waals surface area contributed by atoms with Crippen molar-refractivity contribution in [1.29, 1.82) is 0 Å². The first-order chi connectivity index (χ1) is 13.1. The Morgan fingerprint density at radius 1 is 1.14 bits per heavy atom. The first kappa shape index (κ1) is 23.6. The molecule has 0 heterocycles. The van der Waals surface area contributed by atoms with Crippen molar-refractivity contribution >= 4 is 34.7 Å². The summed E-state index contributed by atoms with van der Waals surface area (Å²) < 4.78 is 0. The largest absolute Gasteiger partial charge is 0.480 e. The van der Waals surface area contributed by atoms with Gasteiger partial charge in [-0.2, -0.15) is 0 Å². The van der Waals surface area contributed by atoms with E-state index in [0.717, 1.165) is 17.3 Å². The highest BCUT2D eigenvalue weighted by atomic mass is 32.2. The number of nitrogens with zero attached hydrogens (tertiary/aromatic N) is 1. The zero-order chi connectivity index (χ0) is 21.3. The van der Waals surface area contributed by atoms with Crippen molar-refractivity contribution in [3.05, 3.63) is 35.9 Å². The molecule has 0 saturated heterocycles. The summed E-state index contributed by atoms with van der Waals surface area (Å²) in [7, 11) is 0. The van der Waals surface area contributed by atoms with Crippen LogP contribution in [0, 0.1) is 5.92 Å². The number of carbonyl (C=O) groups excluding carboxylic acids is 3. The van der Waals surface area contributed by atoms with E-state index < -0.39 is 29.9 Å². The topological polar surface area (TPSA) is 124 Å². The Morgan fingerprint density at radius 3 is 2.25 bits per heavy atom. The number of hydrogen-bond acceptors (Lipinski definition) is 6. The van der Waals surface area contributed by atoms with Gasteiger partial charge < -0.3 is 10.4 Å². The highest BCUT2D eigenvalue weighted by Gasteiger charge is 2.32. The van der Waals surface area contributed by atoms with Gasteiger partial charge in [-0.3, -0.25) is 19.6 Å². The Bertz CT molecular complexity index is 695. The molecule has 3 N–H and O–H groups in total. The van der Waals surface area contributed by atoms with Crippen LogP contribution in [-0.4, -0.2) is 56.1 Å². The molecule has 2 amide bonds. The van der Waals surface area contributed by atoms with E-state index in [-0.39, 0.29) is 29.6 Å². The van der Waals surface area contributed by atoms with Crippen LogP contribution in [0.1, 0.15) is 32.8 Å². The molecule has 0 aliphatic heterocycles. The molecule has 2 atom stereocenters. The Kier molecular flexibility index (Phi) is 9.67. The minimum absolute atomic E-state index is 0.0453. The van der Waals surface area contributed by atoms with Gasteiger partial charge in [0.05, 0.1) is 5.75 Å². The third-order valence-electron chi connectivity index (χ3n) is 3.84. The molecule has 0 bridgehead atoms. The van der Waals surface area contributed by atoms with Crippen molar-refractivity contribution < 1.29 is 29.5 Å². The van der Waals surface area contributed by atoms with Gasteiger partial charge in [0.2, 0.25) is 5.91 Å². The molecule has 0 spiro atoms. The van der Waals surface area contributed by atoms with E-state index in [1.165, 1.54) is 6.92 Å². The third-order valence-corrected chi connectivity index (χ3v) is 4.64. The molecule has 0 radical (unpaired) electrons. The molecule has 154 valence electrons. The van der Waals surface area contributed by atoms with Gasteiger partial charge in [0, 0.05) is 13.3 Å². The first-order valence-electron chi connectivity index (χ1n) is 8.83. The average molecular weight is 410 g/mol. The monoisotopic (exact) mass is 410 g/mol. The molecule has 1 aromatic rings. The maximum absolute atomic E-state index is 12.7. The van der Waals surface area contributed by atoms with E-state index in [4.69, 9.17) is 0 Å². The fourth-order valence-electron chi connectivity index (χ4n) is 2.49. The quantitative estimate of drug-likeness (QED) is 0.396. The van der Waals surface area contributed by atoms with E-state index in [1.54, 1.807) is 30.3 Å². The maximum Gasteiger partial charge on any atom is 0.326 e. The van der Waals surface area contributed by atoms with Crippen molar-refractivity contribution in [2.24, 2.45) is 5.92 Å². The number of benzene rings is 1. The summed E-state index contributed by atoms with van der Waals surface area (Å²) in [6.45, 7) is 4.90. The Hall–Kier alpha value is -2.39. The van der Waals surface area contributed by atoms with Crippen LogP contribution >= 0.6 is 11.8 Å². The van der Waals surface area contributed by atoms with Crippen LogP contribution < -0.4 is 5.32 Å². The van der Waals surface area contributed by atoms with Crippen LogP contribution in [0.15, 0.2) is 30.3 Å². The van der Waals surface area contributed by atoms with Gasteiger partial charge in [-0.25, -0.2) is 9.86 Å². The first-order valence-corrected chi connectivity index (χ1v) is 9.81. The van der Waals surface area contributed by atoms with E-state index in [0.29, 0.717) is 5.06 Å². The zero-order valence-corrected chi connectivity index (χ0v) is 16.9. The lowest BCUT2D eigenvalue weighted by Gasteiger charge is -2.27. The standard InChI is InChI=1S/C19H26N2O6S/c1-12(2)9-16(21(27)17(23)11-28-13(3)22)18(24)20-15(19(25)26)10-14-7-5-4-6-8-14/h4-8,12,15-16,27H,9-11H2,1-3H3,(H,20,24)(H,25,26)/t15-,16-/m0/s1. The molecule has 0 aliphatic carbocycles. The van der Waals surface area contributed by atoms with Gasteiger partial charge in [-0.1, -0.05) is 55.9 Å². The van der Waals surface area contributed by atoms with Crippen LogP contribution in [0.25, 0.3) is 0 Å². The van der Waals surface area contributed by atoms with Crippen LogP contribution in [0.4, 0.5) is 0 Å². The van der Waals surface area contributed by atoms with Gasteiger partial charge in [0.15, 0.2) is 5.12 Å². The smallest absolute Gasteiger partial charge is 0.326 e. The summed E-state index contributed by atoms with van der Waals surface area (Å²) in [5, 5.41) is 22.1. The van der Waals surface area contributed by atoms with Crippen molar-refractivity contribution in [2.75, 3.05) is 5.75 Å². The molecule has 8 nitrogen and oxygen atoms in total. The number of hydroxylamine groups is 2. The SMILES string of the molecule is CC(=O)SCC(=O)N(O)[C@@H](CC(C)C)C(=O)N[C@@H](Cc1ccccc1)C(=O)O. The Morgan fingerprint density at radius 2 is 1.75 bits per heavy atom. The fraction of sp³-hybridized carbons (Fsp3) is 0.474. The second kappa shape index (κ2) is 11.5. The van der Waals surface area contributed by atoms with E-state index >= 15 is 0 Å². The zero-order valence-electron chi connectivity index (χ0n) is 16.1. The van der Waals surface area contributed by atoms with Gasteiger partial charge in [-0.15, -0.1) is 0 Å². The highest BCUT2D eigenvalue weighted by Crippen LogP contribution is 2.14. The summed E-state index contributed by atoms with van der Waals surface area (Å²) in [5.41, 5.74) is 0.727. The van der Waals surface area contributed by atoms with Crippen molar-refractivity contribution in [3.63, 3.8) is 0 Å². The minimum atomic E-state index is -1.25. The number of carboxylic acid groups (broad SMARTS) is 1. The summed E-state index contributed by atoms with van der Waals surface area (Å²) in [6.07, 6.45) is 0.201. The highest BCUT2D eigenvalue weighted by molar-refractivity contribution is 8.14. The summed E-state index contributed by atoms with van der Waals surface area (Å²) in [4.78, 5) is 47.3. The molecule has 0 aromatic heterocycles. The molecule has 1 rings (SSSR count). The third kappa shape index (κ3) is 8.10. The maximum atomic E-state index is 12.7. The van der Waals surface area contributed by atoms with E-state index in [1.807, 2.05) is 13.8 Å². The molecule has 0 fully saturated rings. The average Bonchev–Trinajstić information content (AvgIpc) is 2.63. The number of amides is 2. The normalized spacial score (nSPS) is 12.9. The van der Waals surface area contributed by atoms with Crippen molar-refractivity contribution in [1.82, 2.24) is 10.4 Å².